The SMILES string of the molecule is CN1CCN(c2ccc(Nc3ccnc(Nc4ccccc4C#N)n3)cc2)CC1. The predicted molar refractivity (Wildman–Crippen MR) is 116 cm³/mol. The van der Waals surface area contributed by atoms with Crippen molar-refractivity contribution in [2.45, 2.75) is 0 Å². The highest BCUT2D eigenvalue weighted by molar-refractivity contribution is 5.65. The number of rotatable bonds is 5. The topological polar surface area (TPSA) is 80.1 Å². The van der Waals surface area contributed by atoms with Gasteiger partial charge >= 0.3 is 0 Å². The molecule has 0 saturated carbocycles. The van der Waals surface area contributed by atoms with Gasteiger partial charge in [-0.05, 0) is 49.5 Å². The smallest absolute Gasteiger partial charge is 0.229 e. The Balaban J connectivity index is 1.43. The van der Waals surface area contributed by atoms with Crippen molar-refractivity contribution in [1.82, 2.24) is 14.9 Å². The normalized spacial score (nSPS) is 14.3. The Bertz CT molecular complexity index is 1000. The second-order valence-corrected chi connectivity index (χ2v) is 7.01. The fraction of sp³-hybridized carbons (Fsp3) is 0.227. The van der Waals surface area contributed by atoms with Crippen LogP contribution in [0.4, 0.5) is 28.8 Å². The molecule has 2 heterocycles. The fourth-order valence-electron chi connectivity index (χ4n) is 3.27. The maximum Gasteiger partial charge on any atom is 0.229 e. The molecular formula is C22H23N7. The number of anilines is 5. The van der Waals surface area contributed by atoms with Gasteiger partial charge in [-0.15, -0.1) is 0 Å². The van der Waals surface area contributed by atoms with Crippen molar-refractivity contribution in [1.29, 1.82) is 5.26 Å². The first kappa shape index (κ1) is 18.7. The van der Waals surface area contributed by atoms with Crippen molar-refractivity contribution in [3.8, 4) is 6.07 Å². The molecule has 2 N–H and O–H groups in total. The van der Waals surface area contributed by atoms with Gasteiger partial charge in [0.1, 0.15) is 11.9 Å². The van der Waals surface area contributed by atoms with Crippen LogP contribution in [0, 0.1) is 11.3 Å². The van der Waals surface area contributed by atoms with Crippen LogP contribution in [-0.4, -0.2) is 48.1 Å². The maximum atomic E-state index is 9.23. The number of benzene rings is 2. The Morgan fingerprint density at radius 3 is 2.45 bits per heavy atom. The average Bonchev–Trinajstić information content (AvgIpc) is 2.76. The summed E-state index contributed by atoms with van der Waals surface area (Å²) in [5.74, 6) is 1.12. The van der Waals surface area contributed by atoms with Crippen molar-refractivity contribution >= 4 is 28.8 Å². The third kappa shape index (κ3) is 4.62. The summed E-state index contributed by atoms with van der Waals surface area (Å²) in [7, 11) is 2.16. The first-order chi connectivity index (χ1) is 14.2. The lowest BCUT2D eigenvalue weighted by Crippen LogP contribution is -2.44. The van der Waals surface area contributed by atoms with Crippen molar-refractivity contribution in [2.24, 2.45) is 0 Å². The molecule has 29 heavy (non-hydrogen) atoms. The van der Waals surface area contributed by atoms with Crippen molar-refractivity contribution in [3.63, 3.8) is 0 Å². The average molecular weight is 385 g/mol. The van der Waals surface area contributed by atoms with Crippen molar-refractivity contribution < 1.29 is 0 Å². The lowest BCUT2D eigenvalue weighted by molar-refractivity contribution is 0.313. The van der Waals surface area contributed by atoms with Crippen LogP contribution in [0.3, 0.4) is 0 Å². The summed E-state index contributed by atoms with van der Waals surface area (Å²) in [6.07, 6.45) is 1.69. The molecule has 1 aromatic heterocycles. The van der Waals surface area contributed by atoms with Crippen LogP contribution < -0.4 is 15.5 Å². The van der Waals surface area contributed by atoms with Gasteiger partial charge in [-0.3, -0.25) is 0 Å². The minimum Gasteiger partial charge on any atom is -0.369 e. The summed E-state index contributed by atoms with van der Waals surface area (Å²) in [4.78, 5) is 13.5. The Morgan fingerprint density at radius 2 is 1.69 bits per heavy atom. The Morgan fingerprint density at radius 1 is 0.931 bits per heavy atom. The van der Waals surface area contributed by atoms with Gasteiger partial charge in [0.05, 0.1) is 11.3 Å². The summed E-state index contributed by atoms with van der Waals surface area (Å²) in [6, 6.07) is 19.7. The molecule has 0 radical (unpaired) electrons. The van der Waals surface area contributed by atoms with E-state index in [2.05, 4.69) is 67.8 Å². The molecule has 0 aliphatic carbocycles. The number of nitrogens with zero attached hydrogens (tertiary/aromatic N) is 5. The summed E-state index contributed by atoms with van der Waals surface area (Å²) in [5.41, 5.74) is 3.43. The fourth-order valence-corrected chi connectivity index (χ4v) is 3.27. The molecule has 146 valence electrons. The van der Waals surface area contributed by atoms with E-state index < -0.39 is 0 Å². The van der Waals surface area contributed by atoms with E-state index in [1.807, 2.05) is 24.3 Å². The molecule has 1 aliphatic heterocycles. The lowest BCUT2D eigenvalue weighted by atomic mass is 10.2. The molecule has 7 heteroatoms. The molecular weight excluding hydrogens is 362 g/mol. The Labute approximate surface area is 170 Å². The van der Waals surface area contributed by atoms with Crippen LogP contribution >= 0.6 is 0 Å². The van der Waals surface area contributed by atoms with E-state index in [4.69, 9.17) is 0 Å². The van der Waals surface area contributed by atoms with Crippen LogP contribution in [0.15, 0.2) is 60.8 Å². The van der Waals surface area contributed by atoms with Crippen LogP contribution in [0.1, 0.15) is 5.56 Å². The van der Waals surface area contributed by atoms with Crippen LogP contribution in [0.25, 0.3) is 0 Å². The number of para-hydroxylation sites is 1. The standard InChI is InChI=1S/C22H23N7/c1-28-12-14-29(15-13-28)19-8-6-18(7-9-19)25-21-10-11-24-22(27-21)26-20-5-3-2-4-17(20)16-23/h2-11H,12-15H2,1H3,(H2,24,25,26,27). The number of aromatic nitrogens is 2. The Kier molecular flexibility index (Phi) is 5.54. The molecule has 2 aromatic carbocycles. The van der Waals surface area contributed by atoms with Gasteiger partial charge in [0.25, 0.3) is 0 Å². The summed E-state index contributed by atoms with van der Waals surface area (Å²) in [5, 5.41) is 15.6. The molecule has 0 atom stereocenters. The number of nitriles is 1. The summed E-state index contributed by atoms with van der Waals surface area (Å²) < 4.78 is 0. The molecule has 0 amide bonds. The van der Waals surface area contributed by atoms with E-state index in [9.17, 15) is 5.26 Å². The summed E-state index contributed by atoms with van der Waals surface area (Å²) >= 11 is 0. The highest BCUT2D eigenvalue weighted by Crippen LogP contribution is 2.23. The van der Waals surface area contributed by atoms with E-state index >= 15 is 0 Å². The molecule has 4 rings (SSSR count). The first-order valence-electron chi connectivity index (χ1n) is 9.61. The quantitative estimate of drug-likeness (QED) is 0.695. The largest absolute Gasteiger partial charge is 0.369 e. The van der Waals surface area contributed by atoms with Gasteiger partial charge in [0.15, 0.2) is 0 Å². The first-order valence-corrected chi connectivity index (χ1v) is 9.61. The number of nitrogens with one attached hydrogen (secondary N) is 2. The van der Waals surface area contributed by atoms with E-state index in [0.29, 0.717) is 23.0 Å². The van der Waals surface area contributed by atoms with Crippen LogP contribution in [-0.2, 0) is 0 Å². The maximum absolute atomic E-state index is 9.23. The molecule has 0 unspecified atom stereocenters. The zero-order valence-corrected chi connectivity index (χ0v) is 16.3. The molecule has 1 fully saturated rings. The minimum atomic E-state index is 0.437. The van der Waals surface area contributed by atoms with Crippen LogP contribution in [0.5, 0.6) is 0 Å². The van der Waals surface area contributed by atoms with E-state index in [1.54, 1.807) is 12.3 Å². The van der Waals surface area contributed by atoms with Gasteiger partial charge < -0.3 is 20.4 Å². The van der Waals surface area contributed by atoms with Crippen LogP contribution in [0.2, 0.25) is 0 Å². The third-order valence-corrected chi connectivity index (χ3v) is 4.96. The highest BCUT2D eigenvalue weighted by atomic mass is 15.2. The van der Waals surface area contributed by atoms with E-state index in [-0.39, 0.29) is 0 Å². The minimum absolute atomic E-state index is 0.437. The van der Waals surface area contributed by atoms with Gasteiger partial charge in [0, 0.05) is 43.8 Å². The zero-order valence-electron chi connectivity index (χ0n) is 16.3. The number of hydrogen-bond donors (Lipinski definition) is 2. The predicted octanol–water partition coefficient (Wildman–Crippen LogP) is 3.59. The molecule has 0 bridgehead atoms. The number of piperazine rings is 1. The van der Waals surface area contributed by atoms with Gasteiger partial charge in [0.2, 0.25) is 5.95 Å². The van der Waals surface area contributed by atoms with E-state index in [0.717, 1.165) is 31.9 Å². The highest BCUT2D eigenvalue weighted by Gasteiger charge is 2.14. The molecule has 7 nitrogen and oxygen atoms in total. The number of hydrogen-bond acceptors (Lipinski definition) is 7. The van der Waals surface area contributed by atoms with E-state index in [1.165, 1.54) is 5.69 Å². The number of likely N-dealkylation sites (N-methyl/N-ethyl adjacent to an activating group) is 1. The third-order valence-electron chi connectivity index (χ3n) is 4.96. The van der Waals surface area contributed by atoms with Gasteiger partial charge in [-0.2, -0.15) is 10.2 Å². The molecule has 1 aliphatic rings. The van der Waals surface area contributed by atoms with Gasteiger partial charge in [-0.25, -0.2) is 4.98 Å². The zero-order chi connectivity index (χ0) is 20.1. The van der Waals surface area contributed by atoms with Crippen molar-refractivity contribution in [2.75, 3.05) is 48.8 Å². The molecule has 3 aromatic rings. The lowest BCUT2D eigenvalue weighted by Gasteiger charge is -2.34. The summed E-state index contributed by atoms with van der Waals surface area (Å²) in [6.45, 7) is 4.28. The molecule has 0 spiro atoms. The van der Waals surface area contributed by atoms with Gasteiger partial charge in [-0.1, -0.05) is 12.1 Å². The Hall–Kier alpha value is -3.63. The monoisotopic (exact) mass is 385 g/mol. The molecule has 1 saturated heterocycles. The van der Waals surface area contributed by atoms with Crippen molar-refractivity contribution in [3.05, 3.63) is 66.4 Å². The second-order valence-electron chi connectivity index (χ2n) is 7.01. The second kappa shape index (κ2) is 8.59.